The van der Waals surface area contributed by atoms with Crippen molar-refractivity contribution in [2.75, 3.05) is 12.4 Å². The number of aromatic nitrogens is 2. The third-order valence-corrected chi connectivity index (χ3v) is 4.36. The lowest BCUT2D eigenvalue weighted by Gasteiger charge is -2.09. The van der Waals surface area contributed by atoms with E-state index in [-0.39, 0.29) is 5.75 Å². The number of rotatable bonds is 6. The van der Waals surface area contributed by atoms with Crippen LogP contribution in [0.25, 0.3) is 11.3 Å². The molecular weight excluding hydrogens is 352 g/mol. The molecule has 0 spiro atoms. The molecule has 134 valence electrons. The second-order valence-corrected chi connectivity index (χ2v) is 7.26. The fourth-order valence-corrected chi connectivity index (χ4v) is 3.11. The minimum atomic E-state index is -3.58. The SMILES string of the molecule is COc1ccc(-c2cc(Nc3cccc(CS(N)(=O)=O)c3)ncn2)cc1. The first-order valence-electron chi connectivity index (χ1n) is 7.76. The molecule has 3 rings (SSSR count). The maximum Gasteiger partial charge on any atom is 0.213 e. The number of hydrogen-bond donors (Lipinski definition) is 2. The summed E-state index contributed by atoms with van der Waals surface area (Å²) in [5.74, 6) is 1.15. The average molecular weight is 370 g/mol. The topological polar surface area (TPSA) is 107 Å². The summed E-state index contributed by atoms with van der Waals surface area (Å²) >= 11 is 0. The zero-order valence-electron chi connectivity index (χ0n) is 14.1. The molecule has 8 heteroatoms. The number of nitrogens with one attached hydrogen (secondary N) is 1. The van der Waals surface area contributed by atoms with Crippen LogP contribution in [0.2, 0.25) is 0 Å². The van der Waals surface area contributed by atoms with Crippen LogP contribution in [0.4, 0.5) is 11.5 Å². The summed E-state index contributed by atoms with van der Waals surface area (Å²) in [5, 5.41) is 8.25. The summed E-state index contributed by atoms with van der Waals surface area (Å²) in [6.07, 6.45) is 1.47. The maximum absolute atomic E-state index is 11.2. The summed E-state index contributed by atoms with van der Waals surface area (Å²) in [4.78, 5) is 8.49. The number of anilines is 2. The molecule has 0 fully saturated rings. The highest BCUT2D eigenvalue weighted by atomic mass is 32.2. The van der Waals surface area contributed by atoms with Gasteiger partial charge in [-0.05, 0) is 42.0 Å². The summed E-state index contributed by atoms with van der Waals surface area (Å²) in [6.45, 7) is 0. The number of nitrogens with two attached hydrogens (primary N) is 1. The predicted molar refractivity (Wildman–Crippen MR) is 101 cm³/mol. The van der Waals surface area contributed by atoms with Crippen molar-refractivity contribution in [2.45, 2.75) is 5.75 Å². The van der Waals surface area contributed by atoms with Crippen molar-refractivity contribution < 1.29 is 13.2 Å². The molecule has 1 heterocycles. The van der Waals surface area contributed by atoms with Crippen molar-refractivity contribution in [3.05, 3.63) is 66.5 Å². The fourth-order valence-electron chi connectivity index (χ4n) is 2.46. The summed E-state index contributed by atoms with van der Waals surface area (Å²) in [5.41, 5.74) is 3.00. The molecule has 0 aliphatic heterocycles. The highest BCUT2D eigenvalue weighted by Crippen LogP contribution is 2.23. The Kier molecular flexibility index (Phi) is 5.15. The van der Waals surface area contributed by atoms with Crippen LogP contribution in [-0.4, -0.2) is 25.5 Å². The molecule has 0 aliphatic rings. The highest BCUT2D eigenvalue weighted by Gasteiger charge is 2.07. The minimum Gasteiger partial charge on any atom is -0.497 e. The van der Waals surface area contributed by atoms with Crippen LogP contribution >= 0.6 is 0 Å². The van der Waals surface area contributed by atoms with E-state index in [4.69, 9.17) is 9.88 Å². The lowest BCUT2D eigenvalue weighted by molar-refractivity contribution is 0.415. The Hall–Kier alpha value is -2.97. The highest BCUT2D eigenvalue weighted by molar-refractivity contribution is 7.88. The molecular formula is C18H18N4O3S. The molecule has 0 atom stereocenters. The third-order valence-electron chi connectivity index (χ3n) is 3.62. The normalized spacial score (nSPS) is 11.2. The van der Waals surface area contributed by atoms with Gasteiger partial charge in [-0.25, -0.2) is 23.5 Å². The molecule has 3 aromatic rings. The largest absolute Gasteiger partial charge is 0.497 e. The smallest absolute Gasteiger partial charge is 0.213 e. The zero-order valence-corrected chi connectivity index (χ0v) is 14.9. The lowest BCUT2D eigenvalue weighted by atomic mass is 10.1. The molecule has 3 N–H and O–H groups in total. The van der Waals surface area contributed by atoms with Gasteiger partial charge in [0.1, 0.15) is 17.9 Å². The van der Waals surface area contributed by atoms with Crippen molar-refractivity contribution in [3.63, 3.8) is 0 Å². The van der Waals surface area contributed by atoms with Gasteiger partial charge >= 0.3 is 0 Å². The van der Waals surface area contributed by atoms with E-state index in [9.17, 15) is 8.42 Å². The van der Waals surface area contributed by atoms with E-state index in [0.717, 1.165) is 17.0 Å². The van der Waals surface area contributed by atoms with E-state index >= 15 is 0 Å². The first-order valence-corrected chi connectivity index (χ1v) is 9.47. The number of nitrogens with zero attached hydrogens (tertiary/aromatic N) is 2. The van der Waals surface area contributed by atoms with Crippen LogP contribution in [0.15, 0.2) is 60.9 Å². The van der Waals surface area contributed by atoms with Crippen LogP contribution in [0.3, 0.4) is 0 Å². The van der Waals surface area contributed by atoms with Crippen LogP contribution in [0, 0.1) is 0 Å². The average Bonchev–Trinajstić information content (AvgIpc) is 2.61. The number of methoxy groups -OCH3 is 1. The number of primary sulfonamides is 1. The van der Waals surface area contributed by atoms with Gasteiger partial charge in [-0.2, -0.15) is 0 Å². The Morgan fingerprint density at radius 1 is 1.08 bits per heavy atom. The quantitative estimate of drug-likeness (QED) is 0.691. The van der Waals surface area contributed by atoms with Crippen molar-refractivity contribution in [1.29, 1.82) is 0 Å². The molecule has 26 heavy (non-hydrogen) atoms. The Morgan fingerprint density at radius 3 is 2.54 bits per heavy atom. The lowest BCUT2D eigenvalue weighted by Crippen LogP contribution is -2.14. The van der Waals surface area contributed by atoms with E-state index < -0.39 is 10.0 Å². The van der Waals surface area contributed by atoms with Gasteiger partial charge in [0.15, 0.2) is 0 Å². The first-order chi connectivity index (χ1) is 12.4. The third kappa shape index (κ3) is 4.78. The van der Waals surface area contributed by atoms with Crippen molar-refractivity contribution in [1.82, 2.24) is 9.97 Å². The Bertz CT molecular complexity index is 1000. The van der Waals surface area contributed by atoms with Crippen molar-refractivity contribution in [2.24, 2.45) is 5.14 Å². The summed E-state index contributed by atoms with van der Waals surface area (Å²) in [7, 11) is -1.96. The van der Waals surface area contributed by atoms with Gasteiger partial charge < -0.3 is 10.1 Å². The van der Waals surface area contributed by atoms with Gasteiger partial charge in [-0.15, -0.1) is 0 Å². The number of ether oxygens (including phenoxy) is 1. The Labute approximate surface area is 151 Å². The van der Waals surface area contributed by atoms with Gasteiger partial charge in [0.05, 0.1) is 18.6 Å². The van der Waals surface area contributed by atoms with E-state index in [1.807, 2.05) is 36.4 Å². The second kappa shape index (κ2) is 7.51. The number of benzene rings is 2. The van der Waals surface area contributed by atoms with E-state index in [1.54, 1.807) is 25.3 Å². The Balaban J connectivity index is 1.81. The molecule has 2 aromatic carbocycles. The second-order valence-electron chi connectivity index (χ2n) is 5.65. The number of sulfonamides is 1. The molecule has 0 radical (unpaired) electrons. The van der Waals surface area contributed by atoms with Crippen molar-refractivity contribution >= 4 is 21.5 Å². The molecule has 0 bridgehead atoms. The fraction of sp³-hybridized carbons (Fsp3) is 0.111. The standard InChI is InChI=1S/C18H18N4O3S/c1-25-16-7-5-14(6-8-16)17-10-18(21-12-20-17)22-15-4-2-3-13(9-15)11-26(19,23)24/h2-10,12H,11H2,1H3,(H2,19,23,24)(H,20,21,22). The van der Waals surface area contributed by atoms with Gasteiger partial charge in [0.2, 0.25) is 10.0 Å². The molecule has 0 amide bonds. The Morgan fingerprint density at radius 2 is 1.85 bits per heavy atom. The first kappa shape index (κ1) is 17.8. The molecule has 1 aromatic heterocycles. The van der Waals surface area contributed by atoms with Gasteiger partial charge in [-0.3, -0.25) is 0 Å². The summed E-state index contributed by atoms with van der Waals surface area (Å²) < 4.78 is 27.6. The zero-order chi connectivity index (χ0) is 18.6. The number of hydrogen-bond acceptors (Lipinski definition) is 6. The summed E-state index contributed by atoms with van der Waals surface area (Å²) in [6, 6.07) is 16.4. The van der Waals surface area contributed by atoms with Gasteiger partial charge in [0.25, 0.3) is 0 Å². The van der Waals surface area contributed by atoms with Crippen LogP contribution in [0.1, 0.15) is 5.56 Å². The van der Waals surface area contributed by atoms with E-state index in [1.165, 1.54) is 6.33 Å². The minimum absolute atomic E-state index is 0.219. The van der Waals surface area contributed by atoms with Crippen LogP contribution in [0.5, 0.6) is 5.75 Å². The predicted octanol–water partition coefficient (Wildman–Crippen LogP) is 2.68. The molecule has 0 aliphatic carbocycles. The molecule has 7 nitrogen and oxygen atoms in total. The molecule has 0 saturated carbocycles. The van der Waals surface area contributed by atoms with E-state index in [0.29, 0.717) is 17.1 Å². The van der Waals surface area contributed by atoms with Crippen molar-refractivity contribution in [3.8, 4) is 17.0 Å². The van der Waals surface area contributed by atoms with Gasteiger partial charge in [0, 0.05) is 17.3 Å². The van der Waals surface area contributed by atoms with Crippen LogP contribution in [-0.2, 0) is 15.8 Å². The van der Waals surface area contributed by atoms with Gasteiger partial charge in [-0.1, -0.05) is 12.1 Å². The molecule has 0 unspecified atom stereocenters. The monoisotopic (exact) mass is 370 g/mol. The molecule has 0 saturated heterocycles. The van der Waals surface area contributed by atoms with Crippen LogP contribution < -0.4 is 15.2 Å². The maximum atomic E-state index is 11.2. The van der Waals surface area contributed by atoms with E-state index in [2.05, 4.69) is 15.3 Å².